The van der Waals surface area contributed by atoms with Gasteiger partial charge >= 0.3 is 0 Å². The Bertz CT molecular complexity index is 1210. The van der Waals surface area contributed by atoms with Crippen LogP contribution in [0.1, 0.15) is 20.7 Å². The maximum absolute atomic E-state index is 12.7. The van der Waals surface area contributed by atoms with Gasteiger partial charge < -0.3 is 19.9 Å². The first-order valence-electron chi connectivity index (χ1n) is 11.0. The lowest BCUT2D eigenvalue weighted by molar-refractivity contribution is -0.131. The molecule has 3 aromatic rings. The van der Waals surface area contributed by atoms with Crippen LogP contribution in [0.25, 0.3) is 0 Å². The lowest BCUT2D eigenvalue weighted by atomic mass is 10.1. The Morgan fingerprint density at radius 1 is 0.800 bits per heavy atom. The van der Waals surface area contributed by atoms with E-state index >= 15 is 0 Å². The number of halogens is 2. The van der Waals surface area contributed by atoms with Crippen molar-refractivity contribution >= 4 is 40.9 Å². The third-order valence-electron chi connectivity index (χ3n) is 5.58. The van der Waals surface area contributed by atoms with Gasteiger partial charge in [0.15, 0.2) is 0 Å². The number of rotatable bonds is 6. The van der Waals surface area contributed by atoms with Gasteiger partial charge in [0.05, 0.1) is 17.1 Å². The Labute approximate surface area is 213 Å². The van der Waals surface area contributed by atoms with Crippen molar-refractivity contribution in [3.05, 3.63) is 94.0 Å². The van der Waals surface area contributed by atoms with Crippen LogP contribution in [0.3, 0.4) is 0 Å². The first kappa shape index (κ1) is 24.6. The van der Waals surface area contributed by atoms with Gasteiger partial charge in [-0.1, -0.05) is 41.4 Å². The number of piperazine rings is 1. The number of nitrogens with zero attached hydrogens (tertiary/aromatic N) is 2. The number of para-hydroxylation sites is 1. The van der Waals surface area contributed by atoms with E-state index in [1.54, 1.807) is 46.2 Å². The molecule has 3 aromatic carbocycles. The standard InChI is InChI=1S/C26H23Cl2N3O4/c27-19-8-11-22(23(28)16-19)26(34)31-14-12-30(13-15-31)24(32)17-29-25(33)18-6-9-21(10-7-18)35-20-4-2-1-3-5-20/h1-11,16H,12-15,17H2,(H,29,33). The molecule has 0 unspecified atom stereocenters. The van der Waals surface area contributed by atoms with Gasteiger partial charge in [0.1, 0.15) is 11.5 Å². The molecule has 0 bridgehead atoms. The molecule has 3 amide bonds. The first-order chi connectivity index (χ1) is 16.9. The third-order valence-corrected chi connectivity index (χ3v) is 6.12. The zero-order chi connectivity index (χ0) is 24.8. The van der Waals surface area contributed by atoms with Crippen LogP contribution in [0.5, 0.6) is 11.5 Å². The van der Waals surface area contributed by atoms with Gasteiger partial charge in [-0.25, -0.2) is 0 Å². The van der Waals surface area contributed by atoms with Crippen molar-refractivity contribution < 1.29 is 19.1 Å². The molecular formula is C26H23Cl2N3O4. The summed E-state index contributed by atoms with van der Waals surface area (Å²) in [6, 6.07) is 20.8. The van der Waals surface area contributed by atoms with E-state index in [1.807, 2.05) is 30.3 Å². The van der Waals surface area contributed by atoms with Gasteiger partial charge in [-0.05, 0) is 54.6 Å². The Morgan fingerprint density at radius 3 is 2.09 bits per heavy atom. The maximum atomic E-state index is 12.7. The third kappa shape index (κ3) is 6.32. The topological polar surface area (TPSA) is 79.0 Å². The van der Waals surface area contributed by atoms with E-state index in [9.17, 15) is 14.4 Å². The normalized spacial score (nSPS) is 13.3. The summed E-state index contributed by atoms with van der Waals surface area (Å²) in [6.07, 6.45) is 0. The summed E-state index contributed by atoms with van der Waals surface area (Å²) in [7, 11) is 0. The molecule has 0 aromatic heterocycles. The Hall–Kier alpha value is -3.55. The quantitative estimate of drug-likeness (QED) is 0.528. The number of carbonyl (C=O) groups is 3. The average Bonchev–Trinajstić information content (AvgIpc) is 2.88. The van der Waals surface area contributed by atoms with Crippen LogP contribution in [0, 0.1) is 0 Å². The van der Waals surface area contributed by atoms with E-state index < -0.39 is 0 Å². The largest absolute Gasteiger partial charge is 0.457 e. The highest BCUT2D eigenvalue weighted by Gasteiger charge is 2.26. The number of nitrogens with one attached hydrogen (secondary N) is 1. The zero-order valence-corrected chi connectivity index (χ0v) is 20.3. The van der Waals surface area contributed by atoms with Gasteiger partial charge in [-0.15, -0.1) is 0 Å². The van der Waals surface area contributed by atoms with Gasteiger partial charge in [0.25, 0.3) is 11.8 Å². The molecule has 7 nitrogen and oxygen atoms in total. The summed E-state index contributed by atoms with van der Waals surface area (Å²) in [5.74, 6) is 0.547. The van der Waals surface area contributed by atoms with Gasteiger partial charge in [-0.2, -0.15) is 0 Å². The number of ether oxygens (including phenoxy) is 1. The molecule has 0 atom stereocenters. The maximum Gasteiger partial charge on any atom is 0.255 e. The molecule has 1 heterocycles. The van der Waals surface area contributed by atoms with E-state index in [0.29, 0.717) is 58.9 Å². The molecule has 4 rings (SSSR count). The SMILES string of the molecule is O=C(NCC(=O)N1CCN(C(=O)c2ccc(Cl)cc2Cl)CC1)c1ccc(Oc2ccccc2)cc1. The van der Waals surface area contributed by atoms with Crippen molar-refractivity contribution in [2.45, 2.75) is 0 Å². The van der Waals surface area contributed by atoms with Crippen molar-refractivity contribution in [1.29, 1.82) is 0 Å². The molecule has 0 aliphatic carbocycles. The monoisotopic (exact) mass is 511 g/mol. The fraction of sp³-hybridized carbons (Fsp3) is 0.192. The van der Waals surface area contributed by atoms with Crippen molar-refractivity contribution in [3.8, 4) is 11.5 Å². The number of hydrogen-bond donors (Lipinski definition) is 1. The Kier molecular flexibility index (Phi) is 7.90. The highest BCUT2D eigenvalue weighted by atomic mass is 35.5. The summed E-state index contributed by atoms with van der Waals surface area (Å²) in [5.41, 5.74) is 0.803. The van der Waals surface area contributed by atoms with Crippen molar-refractivity contribution in [3.63, 3.8) is 0 Å². The van der Waals surface area contributed by atoms with E-state index in [1.165, 1.54) is 6.07 Å². The van der Waals surface area contributed by atoms with Crippen LogP contribution in [0.2, 0.25) is 10.0 Å². The minimum Gasteiger partial charge on any atom is -0.457 e. The highest BCUT2D eigenvalue weighted by Crippen LogP contribution is 2.23. The van der Waals surface area contributed by atoms with Crippen molar-refractivity contribution in [2.75, 3.05) is 32.7 Å². The summed E-state index contributed by atoms with van der Waals surface area (Å²) in [4.78, 5) is 41.1. The zero-order valence-electron chi connectivity index (χ0n) is 18.7. The van der Waals surface area contributed by atoms with Crippen LogP contribution in [0.4, 0.5) is 0 Å². The summed E-state index contributed by atoms with van der Waals surface area (Å²) in [5, 5.41) is 3.41. The molecule has 1 aliphatic rings. The van der Waals surface area contributed by atoms with Gasteiger partial charge in [0.2, 0.25) is 5.91 Å². The van der Waals surface area contributed by atoms with Crippen molar-refractivity contribution in [2.24, 2.45) is 0 Å². The summed E-state index contributed by atoms with van der Waals surface area (Å²) >= 11 is 12.0. The number of amides is 3. The molecule has 0 spiro atoms. The minimum atomic E-state index is -0.351. The molecular weight excluding hydrogens is 489 g/mol. The number of carbonyl (C=O) groups excluding carboxylic acids is 3. The Balaban J connectivity index is 1.24. The summed E-state index contributed by atoms with van der Waals surface area (Å²) in [6.45, 7) is 1.37. The smallest absolute Gasteiger partial charge is 0.255 e. The van der Waals surface area contributed by atoms with E-state index in [4.69, 9.17) is 27.9 Å². The highest BCUT2D eigenvalue weighted by molar-refractivity contribution is 6.36. The predicted octanol–water partition coefficient (Wildman–Crippen LogP) is 4.50. The van der Waals surface area contributed by atoms with Crippen LogP contribution in [-0.2, 0) is 4.79 Å². The molecule has 1 aliphatic heterocycles. The van der Waals surface area contributed by atoms with E-state index in [0.717, 1.165) is 0 Å². The molecule has 0 radical (unpaired) electrons. The van der Waals surface area contributed by atoms with E-state index in [2.05, 4.69) is 5.32 Å². The van der Waals surface area contributed by atoms with Gasteiger partial charge in [-0.3, -0.25) is 14.4 Å². The molecule has 1 N–H and O–H groups in total. The fourth-order valence-corrected chi connectivity index (χ4v) is 4.15. The first-order valence-corrected chi connectivity index (χ1v) is 11.8. The molecule has 35 heavy (non-hydrogen) atoms. The van der Waals surface area contributed by atoms with Crippen LogP contribution in [-0.4, -0.2) is 60.2 Å². The molecule has 0 saturated carbocycles. The molecule has 180 valence electrons. The van der Waals surface area contributed by atoms with Crippen LogP contribution >= 0.6 is 23.2 Å². The molecule has 1 fully saturated rings. The summed E-state index contributed by atoms with van der Waals surface area (Å²) < 4.78 is 5.72. The Morgan fingerprint density at radius 2 is 1.43 bits per heavy atom. The minimum absolute atomic E-state index is 0.127. The second-order valence-corrected chi connectivity index (χ2v) is 8.76. The van der Waals surface area contributed by atoms with Crippen LogP contribution in [0.15, 0.2) is 72.8 Å². The lowest BCUT2D eigenvalue weighted by Gasteiger charge is -2.35. The van der Waals surface area contributed by atoms with E-state index in [-0.39, 0.29) is 24.3 Å². The predicted molar refractivity (Wildman–Crippen MR) is 134 cm³/mol. The molecule has 9 heteroatoms. The van der Waals surface area contributed by atoms with Crippen LogP contribution < -0.4 is 10.1 Å². The second-order valence-electron chi connectivity index (χ2n) is 7.92. The number of benzene rings is 3. The average molecular weight is 512 g/mol. The lowest BCUT2D eigenvalue weighted by Crippen LogP contribution is -2.52. The van der Waals surface area contributed by atoms with Crippen molar-refractivity contribution in [1.82, 2.24) is 15.1 Å². The fourth-order valence-electron chi connectivity index (χ4n) is 3.66. The number of hydrogen-bond acceptors (Lipinski definition) is 4. The second kappa shape index (κ2) is 11.3. The molecule has 1 saturated heterocycles. The van der Waals surface area contributed by atoms with Gasteiger partial charge in [0, 0.05) is 36.8 Å².